The molecule has 1 heteroatoms. The molecule has 0 bridgehead atoms. The topological polar surface area (TPSA) is 0 Å². The van der Waals surface area contributed by atoms with E-state index in [4.69, 9.17) is 7.85 Å². The van der Waals surface area contributed by atoms with E-state index < -0.39 is 0 Å². The molecule has 2 aliphatic carbocycles. The van der Waals surface area contributed by atoms with Gasteiger partial charge in [-0.05, 0) is 48.3 Å². The maximum atomic E-state index is 6.20. The van der Waals surface area contributed by atoms with Crippen molar-refractivity contribution in [3.63, 3.8) is 0 Å². The lowest BCUT2D eigenvalue weighted by atomic mass is 9.67. The van der Waals surface area contributed by atoms with E-state index in [1.54, 1.807) is 0 Å². The third kappa shape index (κ3) is 6.42. The summed E-state index contributed by atoms with van der Waals surface area (Å²) in [6, 6.07) is 0. The smallest absolute Gasteiger partial charge is 0.0656 e. The van der Waals surface area contributed by atoms with Gasteiger partial charge in [-0.3, -0.25) is 0 Å². The predicted octanol–water partition coefficient (Wildman–Crippen LogP) is 7.57. The van der Waals surface area contributed by atoms with Gasteiger partial charge in [0.2, 0.25) is 0 Å². The highest BCUT2D eigenvalue weighted by Crippen LogP contribution is 2.44. The van der Waals surface area contributed by atoms with E-state index in [1.807, 2.05) is 0 Å². The molecule has 0 nitrogen and oxygen atoms in total. The molecule has 0 heterocycles. The highest BCUT2D eigenvalue weighted by Gasteiger charge is 2.33. The molecule has 4 atom stereocenters. The summed E-state index contributed by atoms with van der Waals surface area (Å²) in [5, 5.41) is 0. The Hall–Kier alpha value is 0.0649. The van der Waals surface area contributed by atoms with E-state index >= 15 is 0 Å². The van der Waals surface area contributed by atoms with Crippen LogP contribution in [-0.2, 0) is 0 Å². The van der Waals surface area contributed by atoms with Crippen LogP contribution in [0, 0.1) is 29.1 Å². The van der Waals surface area contributed by atoms with Gasteiger partial charge in [0.15, 0.2) is 0 Å². The first kappa shape index (κ1) is 20.4. The van der Waals surface area contributed by atoms with E-state index in [0.29, 0.717) is 5.41 Å². The highest BCUT2D eigenvalue weighted by molar-refractivity contribution is 6.08. The first-order chi connectivity index (χ1) is 11.5. The average molecular weight is 330 g/mol. The highest BCUT2D eigenvalue weighted by atomic mass is 14.4. The standard InChI is InChI=1S/C23H43B/c1-23(2,3)22-15-11-7-10-13-20(22)17-16-19-12-8-5-4-6-9-14-21(19)18-24/h19-22H,4-18H2,1-3H3. The minimum Gasteiger partial charge on any atom is -0.0856 e. The summed E-state index contributed by atoms with van der Waals surface area (Å²) in [5.74, 6) is 3.63. The molecule has 24 heavy (non-hydrogen) atoms. The second-order valence-corrected chi connectivity index (χ2v) is 10.0. The molecule has 0 amide bonds. The van der Waals surface area contributed by atoms with Crippen LogP contribution in [0.4, 0.5) is 0 Å². The minimum atomic E-state index is 0.487. The van der Waals surface area contributed by atoms with Gasteiger partial charge in [-0.25, -0.2) is 0 Å². The molecule has 2 rings (SSSR count). The van der Waals surface area contributed by atoms with Crippen LogP contribution in [0.1, 0.15) is 111 Å². The Morgan fingerprint density at radius 3 is 1.71 bits per heavy atom. The van der Waals surface area contributed by atoms with Gasteiger partial charge in [-0.1, -0.05) is 97.7 Å². The Bertz CT molecular complexity index is 329. The second-order valence-electron chi connectivity index (χ2n) is 10.0. The SMILES string of the molecule is [B]CC1CCCCCCCC1CCC1CCCCCC1C(C)(C)C. The van der Waals surface area contributed by atoms with Crippen LogP contribution < -0.4 is 0 Å². The van der Waals surface area contributed by atoms with Crippen molar-refractivity contribution in [1.82, 2.24) is 0 Å². The van der Waals surface area contributed by atoms with E-state index in [2.05, 4.69) is 20.8 Å². The van der Waals surface area contributed by atoms with Crippen LogP contribution >= 0.6 is 0 Å². The fourth-order valence-electron chi connectivity index (χ4n) is 5.80. The Labute approximate surface area is 154 Å². The summed E-state index contributed by atoms with van der Waals surface area (Å²) in [6.07, 6.45) is 21.3. The number of rotatable bonds is 4. The van der Waals surface area contributed by atoms with Gasteiger partial charge in [0.05, 0.1) is 7.85 Å². The molecule has 2 aliphatic rings. The van der Waals surface area contributed by atoms with Crippen molar-refractivity contribution in [2.45, 2.75) is 117 Å². The van der Waals surface area contributed by atoms with Crippen molar-refractivity contribution in [3.8, 4) is 0 Å². The molecule has 4 unspecified atom stereocenters. The van der Waals surface area contributed by atoms with Gasteiger partial charge in [-0.2, -0.15) is 0 Å². The molecular formula is C23H43B. The van der Waals surface area contributed by atoms with Crippen LogP contribution in [0.5, 0.6) is 0 Å². The van der Waals surface area contributed by atoms with Gasteiger partial charge in [-0.15, -0.1) is 0 Å². The van der Waals surface area contributed by atoms with E-state index in [9.17, 15) is 0 Å². The lowest BCUT2D eigenvalue weighted by Gasteiger charge is -2.37. The quantitative estimate of drug-likeness (QED) is 0.368. The molecule has 138 valence electrons. The fourth-order valence-corrected chi connectivity index (χ4v) is 5.80. The molecule has 2 radical (unpaired) electrons. The second kappa shape index (κ2) is 10.3. The first-order valence-electron chi connectivity index (χ1n) is 11.2. The summed E-state index contributed by atoms with van der Waals surface area (Å²) in [7, 11) is 6.20. The summed E-state index contributed by atoms with van der Waals surface area (Å²) >= 11 is 0. The molecular weight excluding hydrogens is 287 g/mol. The fraction of sp³-hybridized carbons (Fsp3) is 1.00. The molecule has 0 aromatic carbocycles. The average Bonchev–Trinajstić information content (AvgIpc) is 2.71. The minimum absolute atomic E-state index is 0.487. The Balaban J connectivity index is 1.95. The Morgan fingerprint density at radius 2 is 1.08 bits per heavy atom. The molecule has 0 spiro atoms. The maximum Gasteiger partial charge on any atom is 0.0656 e. The summed E-state index contributed by atoms with van der Waals surface area (Å²) in [4.78, 5) is 0. The zero-order chi connectivity index (χ0) is 17.4. The monoisotopic (exact) mass is 330 g/mol. The van der Waals surface area contributed by atoms with Gasteiger partial charge in [0.25, 0.3) is 0 Å². The first-order valence-corrected chi connectivity index (χ1v) is 11.2. The Kier molecular flexibility index (Phi) is 8.72. The Morgan fingerprint density at radius 1 is 0.625 bits per heavy atom. The van der Waals surface area contributed by atoms with Crippen molar-refractivity contribution < 1.29 is 0 Å². The molecule has 0 saturated heterocycles. The molecule has 2 fully saturated rings. The van der Waals surface area contributed by atoms with Crippen molar-refractivity contribution in [1.29, 1.82) is 0 Å². The summed E-state index contributed by atoms with van der Waals surface area (Å²) in [5.41, 5.74) is 0.487. The number of hydrogen-bond donors (Lipinski definition) is 0. The zero-order valence-corrected chi connectivity index (χ0v) is 17.0. The number of hydrogen-bond acceptors (Lipinski definition) is 0. The van der Waals surface area contributed by atoms with Crippen LogP contribution in [-0.4, -0.2) is 7.85 Å². The van der Waals surface area contributed by atoms with Crippen LogP contribution in [0.15, 0.2) is 0 Å². The van der Waals surface area contributed by atoms with Crippen LogP contribution in [0.3, 0.4) is 0 Å². The third-order valence-corrected chi connectivity index (χ3v) is 7.30. The molecule has 0 aliphatic heterocycles. The van der Waals surface area contributed by atoms with E-state index in [-0.39, 0.29) is 0 Å². The van der Waals surface area contributed by atoms with Crippen molar-refractivity contribution >= 4 is 7.85 Å². The van der Waals surface area contributed by atoms with E-state index in [0.717, 1.165) is 30.0 Å². The predicted molar refractivity (Wildman–Crippen MR) is 109 cm³/mol. The normalized spacial score (nSPS) is 34.0. The third-order valence-electron chi connectivity index (χ3n) is 7.30. The lowest BCUT2D eigenvalue weighted by molar-refractivity contribution is 0.128. The largest absolute Gasteiger partial charge is 0.0856 e. The molecule has 0 N–H and O–H groups in total. The molecule has 2 saturated carbocycles. The van der Waals surface area contributed by atoms with Crippen molar-refractivity contribution in [3.05, 3.63) is 0 Å². The summed E-state index contributed by atoms with van der Waals surface area (Å²) < 4.78 is 0. The van der Waals surface area contributed by atoms with Crippen molar-refractivity contribution in [2.75, 3.05) is 0 Å². The van der Waals surface area contributed by atoms with E-state index in [1.165, 1.54) is 89.9 Å². The van der Waals surface area contributed by atoms with Crippen LogP contribution in [0.25, 0.3) is 0 Å². The van der Waals surface area contributed by atoms with Gasteiger partial charge in [0.1, 0.15) is 0 Å². The maximum absolute atomic E-state index is 6.20. The van der Waals surface area contributed by atoms with Gasteiger partial charge in [0, 0.05) is 0 Å². The van der Waals surface area contributed by atoms with Crippen LogP contribution in [0.2, 0.25) is 6.32 Å². The van der Waals surface area contributed by atoms with Gasteiger partial charge < -0.3 is 0 Å². The summed E-state index contributed by atoms with van der Waals surface area (Å²) in [6.45, 7) is 7.45. The molecule has 0 aromatic heterocycles. The van der Waals surface area contributed by atoms with Crippen molar-refractivity contribution in [2.24, 2.45) is 29.1 Å². The molecule has 0 aromatic rings. The lowest BCUT2D eigenvalue weighted by Crippen LogP contribution is -2.28. The zero-order valence-electron chi connectivity index (χ0n) is 17.0. The van der Waals surface area contributed by atoms with Gasteiger partial charge >= 0.3 is 0 Å².